The smallest absolute Gasteiger partial charge is 0.410 e. The molecule has 6 rings (SSSR count). The molecule has 0 saturated carbocycles. The Balaban J connectivity index is 1.20. The predicted molar refractivity (Wildman–Crippen MR) is 201 cm³/mol. The quantitative estimate of drug-likeness (QED) is 0.337. The van der Waals surface area contributed by atoms with Gasteiger partial charge in [0.25, 0.3) is 0 Å². The normalized spacial score (nSPS) is 22.1. The molecule has 2 aromatic heterocycles. The molecule has 3 aliphatic rings. The van der Waals surface area contributed by atoms with Crippen LogP contribution in [0.2, 0.25) is 0 Å². The van der Waals surface area contributed by atoms with Gasteiger partial charge in [0.15, 0.2) is 0 Å². The number of rotatable bonds is 8. The molecule has 12 nitrogen and oxygen atoms in total. The molecule has 3 aliphatic heterocycles. The first-order chi connectivity index (χ1) is 25.0. The van der Waals surface area contributed by atoms with E-state index in [0.717, 1.165) is 34.9 Å². The summed E-state index contributed by atoms with van der Waals surface area (Å²) < 4.78 is 19.4. The van der Waals surface area contributed by atoms with Gasteiger partial charge in [0, 0.05) is 81.7 Å². The first-order valence-electron chi connectivity index (χ1n) is 18.4. The van der Waals surface area contributed by atoms with Crippen molar-refractivity contribution in [3.05, 3.63) is 83.1 Å². The SMILES string of the molecule is CC1CN(c2ccc(C(=O)O)cn2)CCN1C[C@H]1CN(C(=O)OC(C)(C)C)[C@H](C)CN1CC(=O)N1CC(C)(C)c2ncc(Cc3ccc(F)cc3)cc21. The average molecular weight is 730 g/mol. The zero-order valence-electron chi connectivity index (χ0n) is 31.9. The Morgan fingerprint density at radius 2 is 1.66 bits per heavy atom. The van der Waals surface area contributed by atoms with E-state index in [1.165, 1.54) is 18.3 Å². The largest absolute Gasteiger partial charge is 0.478 e. The van der Waals surface area contributed by atoms with E-state index in [1.807, 2.05) is 44.9 Å². The Kier molecular flexibility index (Phi) is 10.8. The molecule has 2 saturated heterocycles. The second-order valence-electron chi connectivity index (χ2n) is 16.4. The van der Waals surface area contributed by atoms with Crippen molar-refractivity contribution in [2.75, 3.05) is 62.2 Å². The van der Waals surface area contributed by atoms with E-state index in [9.17, 15) is 23.9 Å². The highest BCUT2D eigenvalue weighted by Crippen LogP contribution is 2.40. The standard InChI is InChI=1S/C40H52FN7O5/c1-26-20-45(34-13-10-30(19-42-34)37(50)51)15-14-44(26)22-32-23-47(38(52)53-39(3,4)5)27(2)21-46(32)24-35(49)48-25-40(6,7)36-33(48)17-29(18-43-36)16-28-8-11-31(41)12-9-28/h8-13,17-19,26-27,32H,14-16,20-25H2,1-7H3,(H,50,51)/t26?,27-,32+/m1/s1. The van der Waals surface area contributed by atoms with E-state index < -0.39 is 11.6 Å². The number of amides is 2. The maximum atomic E-state index is 14.4. The van der Waals surface area contributed by atoms with Crippen molar-refractivity contribution in [2.45, 2.75) is 84.0 Å². The van der Waals surface area contributed by atoms with Crippen molar-refractivity contribution in [2.24, 2.45) is 0 Å². The van der Waals surface area contributed by atoms with Crippen LogP contribution in [-0.2, 0) is 21.4 Å². The number of carbonyl (C=O) groups is 3. The summed E-state index contributed by atoms with van der Waals surface area (Å²) in [6.45, 7) is 18.4. The number of nitrogens with zero attached hydrogens (tertiary/aromatic N) is 7. The van der Waals surface area contributed by atoms with Crippen LogP contribution in [0.4, 0.5) is 20.7 Å². The minimum atomic E-state index is -1.01. The third-order valence-electron chi connectivity index (χ3n) is 10.5. The van der Waals surface area contributed by atoms with Gasteiger partial charge in [-0.25, -0.2) is 19.0 Å². The monoisotopic (exact) mass is 729 g/mol. The van der Waals surface area contributed by atoms with Crippen LogP contribution in [0.15, 0.2) is 54.9 Å². The number of anilines is 2. The molecule has 53 heavy (non-hydrogen) atoms. The van der Waals surface area contributed by atoms with Crippen LogP contribution in [0.25, 0.3) is 0 Å². The number of pyridine rings is 2. The summed E-state index contributed by atoms with van der Waals surface area (Å²) in [6.07, 6.45) is 3.46. The van der Waals surface area contributed by atoms with Gasteiger partial charge in [-0.05, 0) is 82.5 Å². The fourth-order valence-electron chi connectivity index (χ4n) is 7.69. The number of fused-ring (bicyclic) bond motifs is 1. The molecule has 2 amide bonds. The Hall–Kier alpha value is -4.62. The van der Waals surface area contributed by atoms with Gasteiger partial charge in [0.1, 0.15) is 17.2 Å². The molecule has 13 heteroatoms. The highest BCUT2D eigenvalue weighted by molar-refractivity contribution is 5.97. The van der Waals surface area contributed by atoms with Gasteiger partial charge in [-0.2, -0.15) is 0 Å². The lowest BCUT2D eigenvalue weighted by Crippen LogP contribution is -2.65. The van der Waals surface area contributed by atoms with Crippen molar-refractivity contribution in [1.82, 2.24) is 24.7 Å². The molecule has 0 bridgehead atoms. The minimum absolute atomic E-state index is 0.0192. The number of carbonyl (C=O) groups excluding carboxylic acids is 2. The third kappa shape index (κ3) is 8.79. The molecule has 0 spiro atoms. The molecule has 3 atom stereocenters. The third-order valence-corrected chi connectivity index (χ3v) is 10.5. The summed E-state index contributed by atoms with van der Waals surface area (Å²) in [6, 6.07) is 11.6. The average Bonchev–Trinajstić information content (AvgIpc) is 3.36. The summed E-state index contributed by atoms with van der Waals surface area (Å²) in [5, 5.41) is 9.28. The summed E-state index contributed by atoms with van der Waals surface area (Å²) in [4.78, 5) is 58.8. The molecule has 2 fully saturated rings. The molecule has 1 unspecified atom stereocenters. The van der Waals surface area contributed by atoms with E-state index in [4.69, 9.17) is 9.72 Å². The molecular weight excluding hydrogens is 677 g/mol. The predicted octanol–water partition coefficient (Wildman–Crippen LogP) is 5.05. The number of carboxylic acids is 1. The van der Waals surface area contributed by atoms with E-state index in [2.05, 4.69) is 40.5 Å². The Bertz CT molecular complexity index is 1810. The number of aromatic carboxylic acids is 1. The summed E-state index contributed by atoms with van der Waals surface area (Å²) in [5.74, 6) is -0.569. The van der Waals surface area contributed by atoms with E-state index in [-0.39, 0.29) is 53.5 Å². The summed E-state index contributed by atoms with van der Waals surface area (Å²) >= 11 is 0. The molecule has 5 heterocycles. The highest BCUT2D eigenvalue weighted by Gasteiger charge is 2.43. The first-order valence-corrected chi connectivity index (χ1v) is 18.4. The Morgan fingerprint density at radius 3 is 2.30 bits per heavy atom. The summed E-state index contributed by atoms with van der Waals surface area (Å²) in [7, 11) is 0. The zero-order chi connectivity index (χ0) is 38.2. The number of aromatic nitrogens is 2. The van der Waals surface area contributed by atoms with Crippen LogP contribution in [0, 0.1) is 5.82 Å². The van der Waals surface area contributed by atoms with Gasteiger partial charge in [-0.15, -0.1) is 0 Å². The van der Waals surface area contributed by atoms with Crippen molar-refractivity contribution in [3.63, 3.8) is 0 Å². The van der Waals surface area contributed by atoms with Gasteiger partial charge < -0.3 is 24.5 Å². The number of piperazine rings is 2. The van der Waals surface area contributed by atoms with Crippen molar-refractivity contribution < 1.29 is 28.6 Å². The van der Waals surface area contributed by atoms with Crippen LogP contribution in [0.5, 0.6) is 0 Å². The molecule has 3 aromatic rings. The number of hydrogen-bond donors (Lipinski definition) is 1. The lowest BCUT2D eigenvalue weighted by Gasteiger charge is -2.48. The molecule has 1 aromatic carbocycles. The van der Waals surface area contributed by atoms with Crippen LogP contribution < -0.4 is 9.80 Å². The van der Waals surface area contributed by atoms with Crippen LogP contribution in [0.3, 0.4) is 0 Å². The van der Waals surface area contributed by atoms with Gasteiger partial charge in [0.05, 0.1) is 23.5 Å². The van der Waals surface area contributed by atoms with Gasteiger partial charge in [-0.1, -0.05) is 26.0 Å². The second-order valence-corrected chi connectivity index (χ2v) is 16.4. The summed E-state index contributed by atoms with van der Waals surface area (Å²) in [5.41, 5.74) is 2.78. The fraction of sp³-hybridized carbons (Fsp3) is 0.525. The number of hydrogen-bond acceptors (Lipinski definition) is 9. The van der Waals surface area contributed by atoms with Gasteiger partial charge >= 0.3 is 12.1 Å². The minimum Gasteiger partial charge on any atom is -0.478 e. The molecule has 1 N–H and O–H groups in total. The van der Waals surface area contributed by atoms with Crippen LogP contribution >= 0.6 is 0 Å². The lowest BCUT2D eigenvalue weighted by molar-refractivity contribution is -0.121. The zero-order valence-corrected chi connectivity index (χ0v) is 31.9. The van der Waals surface area contributed by atoms with E-state index >= 15 is 0 Å². The second kappa shape index (κ2) is 15.0. The maximum Gasteiger partial charge on any atom is 0.410 e. The highest BCUT2D eigenvalue weighted by atomic mass is 19.1. The first kappa shape index (κ1) is 38.1. The molecule has 0 aliphatic carbocycles. The maximum absolute atomic E-state index is 14.4. The van der Waals surface area contributed by atoms with Crippen molar-refractivity contribution in [1.29, 1.82) is 0 Å². The van der Waals surface area contributed by atoms with Crippen LogP contribution in [0.1, 0.15) is 75.6 Å². The van der Waals surface area contributed by atoms with Gasteiger partial charge in [0.2, 0.25) is 5.91 Å². The van der Waals surface area contributed by atoms with Gasteiger partial charge in [-0.3, -0.25) is 19.6 Å². The van der Waals surface area contributed by atoms with E-state index in [1.54, 1.807) is 29.2 Å². The van der Waals surface area contributed by atoms with Crippen molar-refractivity contribution in [3.8, 4) is 0 Å². The van der Waals surface area contributed by atoms with Crippen molar-refractivity contribution >= 4 is 29.5 Å². The Labute approximate surface area is 311 Å². The van der Waals surface area contributed by atoms with Crippen LogP contribution in [-0.4, -0.2) is 124 Å². The topological polar surface area (TPSA) is 123 Å². The fourth-order valence-corrected chi connectivity index (χ4v) is 7.69. The molecular formula is C40H52FN7O5. The number of ether oxygens (including phenoxy) is 1. The molecule has 284 valence electrons. The number of benzene rings is 1. The number of halogens is 1. The Morgan fingerprint density at radius 1 is 0.925 bits per heavy atom. The number of carboxylic acid groups (broad SMARTS) is 1. The lowest BCUT2D eigenvalue weighted by atomic mass is 9.91. The van der Waals surface area contributed by atoms with E-state index in [0.29, 0.717) is 45.7 Å². The molecule has 0 radical (unpaired) electrons.